The van der Waals surface area contributed by atoms with E-state index < -0.39 is 12.0 Å². The van der Waals surface area contributed by atoms with Crippen LogP contribution in [0.2, 0.25) is 5.02 Å². The Morgan fingerprint density at radius 2 is 1.95 bits per heavy atom. The molecule has 4 nitrogen and oxygen atoms in total. The summed E-state index contributed by atoms with van der Waals surface area (Å²) in [5.74, 6) is -1.35. The molecule has 1 saturated carbocycles. The van der Waals surface area contributed by atoms with Gasteiger partial charge in [0.05, 0.1) is 0 Å². The molecule has 0 radical (unpaired) electrons. The molecule has 1 aliphatic carbocycles. The van der Waals surface area contributed by atoms with Crippen molar-refractivity contribution in [3.8, 4) is 0 Å². The van der Waals surface area contributed by atoms with Gasteiger partial charge in [-0.3, -0.25) is 4.79 Å². The summed E-state index contributed by atoms with van der Waals surface area (Å²) in [6.07, 6.45) is 2.30. The van der Waals surface area contributed by atoms with E-state index in [0.717, 1.165) is 18.4 Å². The quantitative estimate of drug-likeness (QED) is 0.879. The number of benzene rings is 1. The monoisotopic (exact) mass is 309 g/mol. The number of rotatable bonds is 6. The summed E-state index contributed by atoms with van der Waals surface area (Å²) >= 11 is 6.12. The maximum atomic E-state index is 12.6. The normalized spacial score (nSPS) is 17.1. The highest BCUT2D eigenvalue weighted by molar-refractivity contribution is 6.31. The van der Waals surface area contributed by atoms with Crippen LogP contribution in [-0.4, -0.2) is 34.0 Å². The lowest BCUT2D eigenvalue weighted by atomic mass is 9.99. The SMILES string of the molecule is CC(Cc1ccccc1Cl)C(=O)N(C1CC1)C(C)C(=O)O. The van der Waals surface area contributed by atoms with Gasteiger partial charge in [0.25, 0.3) is 0 Å². The Labute approximate surface area is 129 Å². The Bertz CT molecular complexity index is 542. The molecule has 0 heterocycles. The van der Waals surface area contributed by atoms with E-state index in [2.05, 4.69) is 0 Å². The van der Waals surface area contributed by atoms with E-state index in [-0.39, 0.29) is 17.9 Å². The Morgan fingerprint density at radius 1 is 1.33 bits per heavy atom. The van der Waals surface area contributed by atoms with Gasteiger partial charge in [-0.15, -0.1) is 0 Å². The van der Waals surface area contributed by atoms with Crippen LogP contribution < -0.4 is 0 Å². The minimum absolute atomic E-state index is 0.0808. The molecular formula is C16H20ClNO3. The maximum Gasteiger partial charge on any atom is 0.326 e. The summed E-state index contributed by atoms with van der Waals surface area (Å²) in [7, 11) is 0. The zero-order chi connectivity index (χ0) is 15.6. The summed E-state index contributed by atoms with van der Waals surface area (Å²) in [4.78, 5) is 25.3. The molecule has 0 spiro atoms. The first-order valence-electron chi connectivity index (χ1n) is 7.20. The highest BCUT2D eigenvalue weighted by Gasteiger charge is 2.39. The number of hydrogen-bond donors (Lipinski definition) is 1. The fourth-order valence-corrected chi connectivity index (χ4v) is 2.71. The van der Waals surface area contributed by atoms with Crippen molar-refractivity contribution in [1.29, 1.82) is 0 Å². The molecule has 1 fully saturated rings. The molecule has 1 aromatic carbocycles. The Balaban J connectivity index is 2.10. The average Bonchev–Trinajstić information content (AvgIpc) is 3.25. The van der Waals surface area contributed by atoms with Gasteiger partial charge >= 0.3 is 5.97 Å². The van der Waals surface area contributed by atoms with Crippen LogP contribution in [0, 0.1) is 5.92 Å². The van der Waals surface area contributed by atoms with Crippen LogP contribution in [0.1, 0.15) is 32.3 Å². The molecule has 1 N–H and O–H groups in total. The van der Waals surface area contributed by atoms with Gasteiger partial charge < -0.3 is 10.0 Å². The predicted molar refractivity (Wildman–Crippen MR) is 81.3 cm³/mol. The summed E-state index contributed by atoms with van der Waals surface area (Å²) < 4.78 is 0. The van der Waals surface area contributed by atoms with E-state index >= 15 is 0 Å². The topological polar surface area (TPSA) is 57.6 Å². The molecule has 1 aliphatic rings. The maximum absolute atomic E-state index is 12.6. The van der Waals surface area contributed by atoms with Crippen LogP contribution in [0.25, 0.3) is 0 Å². The van der Waals surface area contributed by atoms with Crippen LogP contribution >= 0.6 is 11.6 Å². The van der Waals surface area contributed by atoms with Gasteiger partial charge in [0.15, 0.2) is 0 Å². The zero-order valence-corrected chi connectivity index (χ0v) is 13.0. The van der Waals surface area contributed by atoms with E-state index in [9.17, 15) is 14.7 Å². The summed E-state index contributed by atoms with van der Waals surface area (Å²) in [5.41, 5.74) is 0.916. The number of aliphatic carboxylic acids is 1. The van der Waals surface area contributed by atoms with Gasteiger partial charge in [-0.2, -0.15) is 0 Å². The lowest BCUT2D eigenvalue weighted by Gasteiger charge is -2.29. The largest absolute Gasteiger partial charge is 0.480 e. The van der Waals surface area contributed by atoms with E-state index in [1.807, 2.05) is 25.1 Å². The fraction of sp³-hybridized carbons (Fsp3) is 0.500. The first kappa shape index (κ1) is 15.8. The summed E-state index contributed by atoms with van der Waals surface area (Å²) in [6, 6.07) is 6.73. The van der Waals surface area contributed by atoms with E-state index in [1.165, 1.54) is 4.90 Å². The third-order valence-electron chi connectivity index (χ3n) is 3.87. The standard InChI is InChI=1S/C16H20ClNO3/c1-10(9-12-5-3-4-6-14(12)17)15(19)18(13-7-8-13)11(2)16(20)21/h3-6,10-11,13H,7-9H2,1-2H3,(H,20,21). The Morgan fingerprint density at radius 3 is 2.48 bits per heavy atom. The Hall–Kier alpha value is -1.55. The molecule has 5 heteroatoms. The molecule has 2 atom stereocenters. The minimum atomic E-state index is -0.958. The van der Waals surface area contributed by atoms with Crippen molar-refractivity contribution < 1.29 is 14.7 Å². The van der Waals surface area contributed by atoms with Crippen molar-refractivity contribution in [1.82, 2.24) is 4.90 Å². The summed E-state index contributed by atoms with van der Waals surface area (Å²) in [5, 5.41) is 9.82. The highest BCUT2D eigenvalue weighted by atomic mass is 35.5. The number of carboxylic acids is 1. The van der Waals surface area contributed by atoms with E-state index in [4.69, 9.17) is 11.6 Å². The number of halogens is 1. The van der Waals surface area contributed by atoms with Crippen LogP contribution in [0.5, 0.6) is 0 Å². The van der Waals surface area contributed by atoms with Crippen LogP contribution in [0.4, 0.5) is 0 Å². The lowest BCUT2D eigenvalue weighted by Crippen LogP contribution is -2.47. The second kappa shape index (κ2) is 6.48. The van der Waals surface area contributed by atoms with Crippen LogP contribution in [0.3, 0.4) is 0 Å². The van der Waals surface area contributed by atoms with Gasteiger partial charge in [0.2, 0.25) is 5.91 Å². The number of carbonyl (C=O) groups is 2. The van der Waals surface area contributed by atoms with E-state index in [0.29, 0.717) is 11.4 Å². The Kier molecular flexibility index (Phi) is 4.88. The molecule has 1 aromatic rings. The predicted octanol–water partition coefficient (Wildman–Crippen LogP) is 2.98. The van der Waals surface area contributed by atoms with Crippen molar-refractivity contribution in [2.24, 2.45) is 5.92 Å². The third kappa shape index (κ3) is 3.76. The number of hydrogen-bond acceptors (Lipinski definition) is 2. The zero-order valence-electron chi connectivity index (χ0n) is 12.3. The second-order valence-electron chi connectivity index (χ2n) is 5.69. The molecule has 1 amide bonds. The molecule has 21 heavy (non-hydrogen) atoms. The number of carboxylic acid groups (broad SMARTS) is 1. The van der Waals surface area contributed by atoms with Gasteiger partial charge in [-0.05, 0) is 37.8 Å². The van der Waals surface area contributed by atoms with Crippen molar-refractivity contribution in [2.45, 2.75) is 45.2 Å². The van der Waals surface area contributed by atoms with Crippen molar-refractivity contribution in [2.75, 3.05) is 0 Å². The second-order valence-corrected chi connectivity index (χ2v) is 6.09. The lowest BCUT2D eigenvalue weighted by molar-refractivity contribution is -0.151. The van der Waals surface area contributed by atoms with Gasteiger partial charge in [0, 0.05) is 17.0 Å². The van der Waals surface area contributed by atoms with Crippen molar-refractivity contribution in [3.63, 3.8) is 0 Å². The first-order chi connectivity index (χ1) is 9.91. The van der Waals surface area contributed by atoms with E-state index in [1.54, 1.807) is 13.0 Å². The van der Waals surface area contributed by atoms with Crippen molar-refractivity contribution >= 4 is 23.5 Å². The molecule has 0 saturated heterocycles. The van der Waals surface area contributed by atoms with Gasteiger partial charge in [0.1, 0.15) is 6.04 Å². The molecule has 2 rings (SSSR count). The molecule has 0 aliphatic heterocycles. The molecular weight excluding hydrogens is 290 g/mol. The van der Waals surface area contributed by atoms with Crippen LogP contribution in [0.15, 0.2) is 24.3 Å². The third-order valence-corrected chi connectivity index (χ3v) is 4.24. The minimum Gasteiger partial charge on any atom is -0.480 e. The van der Waals surface area contributed by atoms with Gasteiger partial charge in [-0.1, -0.05) is 36.7 Å². The molecule has 0 aromatic heterocycles. The molecule has 0 bridgehead atoms. The van der Waals surface area contributed by atoms with Crippen LogP contribution in [-0.2, 0) is 16.0 Å². The van der Waals surface area contributed by atoms with Crippen molar-refractivity contribution in [3.05, 3.63) is 34.9 Å². The number of nitrogens with zero attached hydrogens (tertiary/aromatic N) is 1. The summed E-state index contributed by atoms with van der Waals surface area (Å²) in [6.45, 7) is 3.40. The van der Waals surface area contributed by atoms with Gasteiger partial charge in [-0.25, -0.2) is 4.79 Å². The smallest absolute Gasteiger partial charge is 0.326 e. The first-order valence-corrected chi connectivity index (χ1v) is 7.58. The fourth-order valence-electron chi connectivity index (χ4n) is 2.49. The molecule has 2 unspecified atom stereocenters. The highest BCUT2D eigenvalue weighted by Crippen LogP contribution is 2.31. The number of carbonyl (C=O) groups excluding carboxylic acids is 1. The average molecular weight is 310 g/mol. The molecule has 114 valence electrons. The number of amides is 1.